The minimum atomic E-state index is 0.117. The van der Waals surface area contributed by atoms with E-state index in [0.717, 1.165) is 34.7 Å². The lowest BCUT2D eigenvalue weighted by Crippen LogP contribution is -2.26. The molecule has 0 N–H and O–H groups in total. The lowest BCUT2D eigenvalue weighted by molar-refractivity contribution is -0.130. The molecule has 0 aliphatic rings. The predicted molar refractivity (Wildman–Crippen MR) is 140 cm³/mol. The van der Waals surface area contributed by atoms with E-state index >= 15 is 0 Å². The molecule has 1 amide bonds. The Bertz CT molecular complexity index is 1270. The van der Waals surface area contributed by atoms with Crippen LogP contribution in [0.3, 0.4) is 0 Å². The minimum absolute atomic E-state index is 0.117. The van der Waals surface area contributed by atoms with Crippen LogP contribution in [0.2, 0.25) is 0 Å². The molecule has 0 atom stereocenters. The second kappa shape index (κ2) is 10.7. The maximum Gasteiger partial charge on any atom is 0.222 e. The van der Waals surface area contributed by atoms with Crippen molar-refractivity contribution in [1.82, 2.24) is 24.5 Å². The highest BCUT2D eigenvalue weighted by molar-refractivity contribution is 5.76. The van der Waals surface area contributed by atoms with Crippen LogP contribution >= 0.6 is 0 Å². The Morgan fingerprint density at radius 3 is 2.29 bits per heavy atom. The number of nitrogens with zero attached hydrogens (tertiary/aromatic N) is 5. The third kappa shape index (κ3) is 5.70. The highest BCUT2D eigenvalue weighted by Gasteiger charge is 2.19. The molecule has 0 saturated carbocycles. The highest BCUT2D eigenvalue weighted by Crippen LogP contribution is 2.25. The van der Waals surface area contributed by atoms with Crippen molar-refractivity contribution in [2.24, 2.45) is 5.92 Å². The van der Waals surface area contributed by atoms with Gasteiger partial charge in [-0.15, -0.1) is 0 Å². The van der Waals surface area contributed by atoms with Gasteiger partial charge in [-0.2, -0.15) is 10.2 Å². The Morgan fingerprint density at radius 2 is 1.63 bits per heavy atom. The molecular formula is C29H35N5O. The van der Waals surface area contributed by atoms with Crippen molar-refractivity contribution < 1.29 is 4.79 Å². The number of rotatable bonds is 9. The molecule has 0 saturated heterocycles. The fourth-order valence-corrected chi connectivity index (χ4v) is 4.46. The summed E-state index contributed by atoms with van der Waals surface area (Å²) >= 11 is 0. The molecule has 0 aliphatic heterocycles. The van der Waals surface area contributed by atoms with E-state index in [2.05, 4.69) is 37.6 Å². The van der Waals surface area contributed by atoms with Gasteiger partial charge in [-0.25, -0.2) is 4.68 Å². The molecule has 2 heterocycles. The van der Waals surface area contributed by atoms with E-state index in [9.17, 15) is 4.79 Å². The summed E-state index contributed by atoms with van der Waals surface area (Å²) in [4.78, 5) is 14.9. The molecule has 0 radical (unpaired) electrons. The Kier molecular flexibility index (Phi) is 7.49. The van der Waals surface area contributed by atoms with E-state index in [1.54, 1.807) is 0 Å². The first kappa shape index (κ1) is 24.5. The highest BCUT2D eigenvalue weighted by atomic mass is 16.2. The van der Waals surface area contributed by atoms with Crippen molar-refractivity contribution in [3.05, 3.63) is 89.4 Å². The summed E-state index contributed by atoms with van der Waals surface area (Å²) in [5.74, 6) is 0.649. The standard InChI is InChI=1S/C29H35N5O/c1-21(2)18-33-23(4)27(22(3)30-33)16-17-28(35)32(5)19-25-20-34(26-14-10-7-11-15-26)31-29(25)24-12-8-6-9-13-24/h6-15,20-21H,16-19H2,1-5H3. The second-order valence-electron chi connectivity index (χ2n) is 9.62. The van der Waals surface area contributed by atoms with Crippen LogP contribution in [0.15, 0.2) is 66.9 Å². The summed E-state index contributed by atoms with van der Waals surface area (Å²) in [6.07, 6.45) is 3.19. The lowest BCUT2D eigenvalue weighted by atomic mass is 10.1. The van der Waals surface area contributed by atoms with Crippen molar-refractivity contribution >= 4 is 5.91 Å². The predicted octanol–water partition coefficient (Wildman–Crippen LogP) is 5.60. The molecular weight excluding hydrogens is 434 g/mol. The Hall–Kier alpha value is -3.67. The number of carbonyl (C=O) groups is 1. The molecule has 2 aromatic heterocycles. The van der Waals surface area contributed by atoms with E-state index in [1.165, 1.54) is 11.3 Å². The number of benzene rings is 2. The summed E-state index contributed by atoms with van der Waals surface area (Å²) in [6, 6.07) is 20.2. The van der Waals surface area contributed by atoms with Gasteiger partial charge < -0.3 is 4.90 Å². The zero-order valence-electron chi connectivity index (χ0n) is 21.4. The first-order valence-electron chi connectivity index (χ1n) is 12.3. The summed E-state index contributed by atoms with van der Waals surface area (Å²) < 4.78 is 3.97. The van der Waals surface area contributed by atoms with Gasteiger partial charge in [0.1, 0.15) is 0 Å². The van der Waals surface area contributed by atoms with Crippen LogP contribution in [-0.4, -0.2) is 37.4 Å². The largest absolute Gasteiger partial charge is 0.341 e. The van der Waals surface area contributed by atoms with Gasteiger partial charge >= 0.3 is 0 Å². The van der Waals surface area contributed by atoms with Crippen LogP contribution in [0.5, 0.6) is 0 Å². The molecule has 4 aromatic rings. The molecule has 0 spiro atoms. The fourth-order valence-electron chi connectivity index (χ4n) is 4.46. The van der Waals surface area contributed by atoms with Gasteiger partial charge in [0.15, 0.2) is 0 Å². The molecule has 2 aromatic carbocycles. The van der Waals surface area contributed by atoms with Crippen LogP contribution in [0.25, 0.3) is 16.9 Å². The van der Waals surface area contributed by atoms with Crippen LogP contribution < -0.4 is 0 Å². The summed E-state index contributed by atoms with van der Waals surface area (Å²) in [6.45, 7) is 9.93. The number of aromatic nitrogens is 4. The number of carbonyl (C=O) groups excluding carboxylic acids is 1. The van der Waals surface area contributed by atoms with Gasteiger partial charge in [0.2, 0.25) is 5.91 Å². The molecule has 0 aliphatic carbocycles. The first-order chi connectivity index (χ1) is 16.8. The quantitative estimate of drug-likeness (QED) is 0.321. The summed E-state index contributed by atoms with van der Waals surface area (Å²) in [7, 11) is 1.87. The van der Waals surface area contributed by atoms with E-state index in [0.29, 0.717) is 25.3 Å². The van der Waals surface area contributed by atoms with Crippen LogP contribution in [-0.2, 0) is 24.3 Å². The van der Waals surface area contributed by atoms with Gasteiger partial charge in [-0.05, 0) is 43.9 Å². The van der Waals surface area contributed by atoms with Crippen molar-refractivity contribution in [2.45, 2.75) is 53.6 Å². The minimum Gasteiger partial charge on any atom is -0.341 e. The average molecular weight is 470 g/mol. The Balaban J connectivity index is 1.50. The van der Waals surface area contributed by atoms with E-state index < -0.39 is 0 Å². The maximum absolute atomic E-state index is 13.1. The summed E-state index contributed by atoms with van der Waals surface area (Å²) in [5, 5.41) is 9.57. The molecule has 35 heavy (non-hydrogen) atoms. The second-order valence-corrected chi connectivity index (χ2v) is 9.62. The Labute approximate surface area is 208 Å². The van der Waals surface area contributed by atoms with Crippen molar-refractivity contribution in [3.8, 4) is 16.9 Å². The third-order valence-electron chi connectivity index (χ3n) is 6.35. The zero-order chi connectivity index (χ0) is 24.9. The van der Waals surface area contributed by atoms with Crippen molar-refractivity contribution in [2.75, 3.05) is 7.05 Å². The van der Waals surface area contributed by atoms with E-state index in [-0.39, 0.29) is 5.91 Å². The van der Waals surface area contributed by atoms with Gasteiger partial charge in [0.05, 0.1) is 17.1 Å². The van der Waals surface area contributed by atoms with Crippen LogP contribution in [0, 0.1) is 19.8 Å². The third-order valence-corrected chi connectivity index (χ3v) is 6.35. The molecule has 0 bridgehead atoms. The Morgan fingerprint density at radius 1 is 0.971 bits per heavy atom. The number of hydrogen-bond donors (Lipinski definition) is 0. The van der Waals surface area contributed by atoms with Gasteiger partial charge in [-0.3, -0.25) is 9.48 Å². The number of para-hydroxylation sites is 1. The monoisotopic (exact) mass is 469 g/mol. The lowest BCUT2D eigenvalue weighted by Gasteiger charge is -2.17. The van der Waals surface area contributed by atoms with E-state index in [1.807, 2.05) is 78.3 Å². The van der Waals surface area contributed by atoms with Gasteiger partial charge in [0, 0.05) is 49.6 Å². The molecule has 0 fully saturated rings. The van der Waals surface area contributed by atoms with E-state index in [4.69, 9.17) is 10.2 Å². The maximum atomic E-state index is 13.1. The molecule has 6 nitrogen and oxygen atoms in total. The summed E-state index contributed by atoms with van der Waals surface area (Å²) in [5.41, 5.74) is 7.34. The fraction of sp³-hybridized carbons (Fsp3) is 0.345. The average Bonchev–Trinajstić information content (AvgIpc) is 3.38. The molecule has 6 heteroatoms. The van der Waals surface area contributed by atoms with Crippen molar-refractivity contribution in [3.63, 3.8) is 0 Å². The number of aryl methyl sites for hydroxylation is 1. The molecule has 4 rings (SSSR count). The first-order valence-corrected chi connectivity index (χ1v) is 12.3. The van der Waals surface area contributed by atoms with Crippen LogP contribution in [0.4, 0.5) is 0 Å². The molecule has 0 unspecified atom stereocenters. The molecule has 182 valence electrons. The SMILES string of the molecule is Cc1nn(CC(C)C)c(C)c1CCC(=O)N(C)Cc1cn(-c2ccccc2)nc1-c1ccccc1. The van der Waals surface area contributed by atoms with Crippen LogP contribution in [0.1, 0.15) is 42.8 Å². The smallest absolute Gasteiger partial charge is 0.222 e. The zero-order valence-corrected chi connectivity index (χ0v) is 21.4. The van der Waals surface area contributed by atoms with Crippen molar-refractivity contribution in [1.29, 1.82) is 0 Å². The number of amides is 1. The van der Waals surface area contributed by atoms with Gasteiger partial charge in [-0.1, -0.05) is 62.4 Å². The topological polar surface area (TPSA) is 56.0 Å². The van der Waals surface area contributed by atoms with Gasteiger partial charge in [0.25, 0.3) is 0 Å². The number of hydrogen-bond acceptors (Lipinski definition) is 3. The normalized spacial score (nSPS) is 11.3.